The second kappa shape index (κ2) is 5.05. The minimum Gasteiger partial charge on any atom is -0.388 e. The summed E-state index contributed by atoms with van der Waals surface area (Å²) < 4.78 is 0. The van der Waals surface area contributed by atoms with Gasteiger partial charge in [-0.15, -0.1) is 0 Å². The van der Waals surface area contributed by atoms with Gasteiger partial charge in [0.25, 0.3) is 0 Å². The molecule has 2 heteroatoms. The molecular formula is C14H29NO. The monoisotopic (exact) mass is 227 g/mol. The summed E-state index contributed by atoms with van der Waals surface area (Å²) in [7, 11) is 0. The van der Waals surface area contributed by atoms with E-state index in [-0.39, 0.29) is 5.41 Å². The van der Waals surface area contributed by atoms with Gasteiger partial charge in [-0.1, -0.05) is 47.0 Å². The van der Waals surface area contributed by atoms with Gasteiger partial charge < -0.3 is 10.8 Å². The molecule has 3 atom stereocenters. The molecule has 0 spiro atoms. The van der Waals surface area contributed by atoms with Crippen LogP contribution in [0.4, 0.5) is 0 Å². The Labute approximate surface area is 101 Å². The summed E-state index contributed by atoms with van der Waals surface area (Å²) >= 11 is 0. The van der Waals surface area contributed by atoms with Crippen LogP contribution in [0.2, 0.25) is 0 Å². The lowest BCUT2D eigenvalue weighted by molar-refractivity contribution is -0.112. The molecule has 0 aromatic carbocycles. The van der Waals surface area contributed by atoms with Gasteiger partial charge in [-0.25, -0.2) is 0 Å². The summed E-state index contributed by atoms with van der Waals surface area (Å²) in [6.07, 6.45) is 6.11. The first-order valence-electron chi connectivity index (χ1n) is 6.77. The molecule has 0 aliphatic heterocycles. The first-order valence-corrected chi connectivity index (χ1v) is 6.77. The van der Waals surface area contributed by atoms with Crippen LogP contribution in [0.25, 0.3) is 0 Å². The van der Waals surface area contributed by atoms with Crippen LogP contribution in [-0.2, 0) is 0 Å². The first-order chi connectivity index (χ1) is 7.35. The van der Waals surface area contributed by atoms with Crippen molar-refractivity contribution in [2.45, 2.75) is 65.4 Å². The Hall–Kier alpha value is -0.0800. The van der Waals surface area contributed by atoms with Crippen LogP contribution < -0.4 is 5.73 Å². The average molecular weight is 227 g/mol. The minimum absolute atomic E-state index is 0.123. The van der Waals surface area contributed by atoms with E-state index < -0.39 is 5.60 Å². The lowest BCUT2D eigenvalue weighted by Crippen LogP contribution is -2.55. The van der Waals surface area contributed by atoms with Crippen molar-refractivity contribution in [2.24, 2.45) is 23.0 Å². The molecule has 1 rings (SSSR count). The molecular weight excluding hydrogens is 198 g/mol. The maximum Gasteiger partial charge on any atom is 0.0845 e. The van der Waals surface area contributed by atoms with E-state index in [9.17, 15) is 5.11 Å². The number of hydrogen-bond acceptors (Lipinski definition) is 2. The average Bonchev–Trinajstić information content (AvgIpc) is 2.26. The Morgan fingerprint density at radius 1 is 1.25 bits per heavy atom. The van der Waals surface area contributed by atoms with Gasteiger partial charge in [0, 0.05) is 6.54 Å². The zero-order valence-electron chi connectivity index (χ0n) is 11.4. The quantitative estimate of drug-likeness (QED) is 0.778. The lowest BCUT2D eigenvalue weighted by Gasteiger charge is -2.48. The molecule has 16 heavy (non-hydrogen) atoms. The van der Waals surface area contributed by atoms with Crippen molar-refractivity contribution in [1.82, 2.24) is 0 Å². The van der Waals surface area contributed by atoms with Crippen LogP contribution in [0, 0.1) is 17.3 Å². The van der Waals surface area contributed by atoms with Gasteiger partial charge in [-0.3, -0.25) is 0 Å². The summed E-state index contributed by atoms with van der Waals surface area (Å²) in [5.41, 5.74) is 5.04. The van der Waals surface area contributed by atoms with E-state index in [1.54, 1.807) is 0 Å². The molecule has 0 saturated heterocycles. The van der Waals surface area contributed by atoms with Crippen LogP contribution in [-0.4, -0.2) is 17.3 Å². The highest BCUT2D eigenvalue weighted by Crippen LogP contribution is 2.44. The fourth-order valence-corrected chi connectivity index (χ4v) is 3.18. The Balaban J connectivity index is 2.80. The lowest BCUT2D eigenvalue weighted by atomic mass is 9.62. The first kappa shape index (κ1) is 14.0. The van der Waals surface area contributed by atoms with Gasteiger partial charge in [-0.05, 0) is 30.1 Å². The van der Waals surface area contributed by atoms with Gasteiger partial charge in [0.15, 0.2) is 0 Å². The van der Waals surface area contributed by atoms with E-state index in [1.807, 2.05) is 0 Å². The van der Waals surface area contributed by atoms with E-state index in [2.05, 4.69) is 27.7 Å². The minimum atomic E-state index is -0.694. The third kappa shape index (κ3) is 2.60. The normalized spacial score (nSPS) is 31.1. The Morgan fingerprint density at radius 3 is 2.31 bits per heavy atom. The third-order valence-electron chi connectivity index (χ3n) is 4.65. The largest absolute Gasteiger partial charge is 0.388 e. The molecule has 3 N–H and O–H groups in total. The SMILES string of the molecule is CCC1CCCC(C(O)(CN)C(C)(C)C)C1. The zero-order chi connectivity index (χ0) is 12.4. The zero-order valence-corrected chi connectivity index (χ0v) is 11.4. The highest BCUT2D eigenvalue weighted by molar-refractivity contribution is 4.98. The van der Waals surface area contributed by atoms with Crippen LogP contribution >= 0.6 is 0 Å². The molecule has 0 aromatic rings. The molecule has 0 heterocycles. The Morgan fingerprint density at radius 2 is 1.88 bits per heavy atom. The molecule has 1 fully saturated rings. The predicted molar refractivity (Wildman–Crippen MR) is 69.2 cm³/mol. The topological polar surface area (TPSA) is 46.2 Å². The summed E-state index contributed by atoms with van der Waals surface area (Å²) in [4.78, 5) is 0. The van der Waals surface area contributed by atoms with Crippen LogP contribution in [0.3, 0.4) is 0 Å². The highest BCUT2D eigenvalue weighted by Gasteiger charge is 2.46. The van der Waals surface area contributed by atoms with Crippen LogP contribution in [0.1, 0.15) is 59.8 Å². The molecule has 0 amide bonds. The van der Waals surface area contributed by atoms with E-state index >= 15 is 0 Å². The summed E-state index contributed by atoms with van der Waals surface area (Å²) in [6, 6.07) is 0. The molecule has 1 aliphatic rings. The smallest absolute Gasteiger partial charge is 0.0845 e. The Bertz CT molecular complexity index is 221. The van der Waals surface area contributed by atoms with Crippen LogP contribution in [0.15, 0.2) is 0 Å². The summed E-state index contributed by atoms with van der Waals surface area (Å²) in [5.74, 6) is 1.18. The second-order valence-corrected chi connectivity index (χ2v) is 6.52. The molecule has 0 bridgehead atoms. The van der Waals surface area contributed by atoms with Crippen molar-refractivity contribution >= 4 is 0 Å². The van der Waals surface area contributed by atoms with E-state index in [0.29, 0.717) is 12.5 Å². The van der Waals surface area contributed by atoms with Crippen LogP contribution in [0.5, 0.6) is 0 Å². The summed E-state index contributed by atoms with van der Waals surface area (Å²) in [5, 5.41) is 10.9. The third-order valence-corrected chi connectivity index (χ3v) is 4.65. The standard InChI is InChI=1S/C14H29NO/c1-5-11-7-6-8-12(9-11)14(16,10-15)13(2,3)4/h11-12,16H,5-10,15H2,1-4H3. The fraction of sp³-hybridized carbons (Fsp3) is 1.00. The van der Waals surface area contributed by atoms with Gasteiger partial charge >= 0.3 is 0 Å². The molecule has 0 radical (unpaired) electrons. The number of aliphatic hydroxyl groups is 1. The van der Waals surface area contributed by atoms with Gasteiger partial charge in [0.2, 0.25) is 0 Å². The molecule has 2 nitrogen and oxygen atoms in total. The number of hydrogen-bond donors (Lipinski definition) is 2. The van der Waals surface area contributed by atoms with Gasteiger partial charge in [0.05, 0.1) is 5.60 Å². The maximum atomic E-state index is 10.9. The van der Waals surface area contributed by atoms with Gasteiger partial charge in [-0.2, -0.15) is 0 Å². The van der Waals surface area contributed by atoms with Crippen molar-refractivity contribution in [3.63, 3.8) is 0 Å². The van der Waals surface area contributed by atoms with Crippen molar-refractivity contribution in [1.29, 1.82) is 0 Å². The van der Waals surface area contributed by atoms with Crippen molar-refractivity contribution in [3.8, 4) is 0 Å². The maximum absolute atomic E-state index is 10.9. The molecule has 1 aliphatic carbocycles. The second-order valence-electron chi connectivity index (χ2n) is 6.52. The van der Waals surface area contributed by atoms with E-state index in [1.165, 1.54) is 19.3 Å². The van der Waals surface area contributed by atoms with E-state index in [4.69, 9.17) is 5.73 Å². The van der Waals surface area contributed by atoms with E-state index in [0.717, 1.165) is 18.8 Å². The molecule has 1 saturated carbocycles. The molecule has 0 aromatic heterocycles. The van der Waals surface area contributed by atoms with Gasteiger partial charge in [0.1, 0.15) is 0 Å². The Kier molecular flexibility index (Phi) is 4.42. The van der Waals surface area contributed by atoms with Crippen molar-refractivity contribution < 1.29 is 5.11 Å². The summed E-state index contributed by atoms with van der Waals surface area (Å²) in [6.45, 7) is 8.96. The fourth-order valence-electron chi connectivity index (χ4n) is 3.18. The predicted octanol–water partition coefficient (Wildman–Crippen LogP) is 2.94. The highest BCUT2D eigenvalue weighted by atomic mass is 16.3. The van der Waals surface area contributed by atoms with Crippen molar-refractivity contribution in [3.05, 3.63) is 0 Å². The molecule has 3 unspecified atom stereocenters. The molecule has 96 valence electrons. The number of nitrogens with two attached hydrogens (primary N) is 1. The number of rotatable bonds is 3. The van der Waals surface area contributed by atoms with Crippen molar-refractivity contribution in [2.75, 3.05) is 6.54 Å².